The van der Waals surface area contributed by atoms with E-state index in [2.05, 4.69) is 21.2 Å². The second kappa shape index (κ2) is 7.40. The van der Waals surface area contributed by atoms with Gasteiger partial charge in [-0.05, 0) is 42.3 Å². The first kappa shape index (κ1) is 18.9. The average molecular weight is 389 g/mol. The molecule has 9 heteroatoms. The Morgan fingerprint density at radius 2 is 2.04 bits per heavy atom. The number of aliphatic carboxylic acids is 1. The minimum atomic E-state index is -1.27. The minimum absolute atomic E-state index is 0.128. The Labute approximate surface area is 141 Å². The molecule has 23 heavy (non-hydrogen) atoms. The number of carbonyl (C=O) groups excluding carboxylic acids is 1. The molecule has 8 nitrogen and oxygen atoms in total. The molecule has 0 bridgehead atoms. The summed E-state index contributed by atoms with van der Waals surface area (Å²) in [6.45, 7) is 4.96. The fourth-order valence-corrected chi connectivity index (χ4v) is 2.31. The van der Waals surface area contributed by atoms with Crippen molar-refractivity contribution >= 4 is 33.7 Å². The lowest BCUT2D eigenvalue weighted by Crippen LogP contribution is -2.44. The SMILES string of the molecule is CC(C)(C)OC(=O)NC(Cc1cccc([N+](=O)[O-])c1Br)C(=O)O. The van der Waals surface area contributed by atoms with Gasteiger partial charge in [0.25, 0.3) is 5.69 Å². The van der Waals surface area contributed by atoms with Gasteiger partial charge in [0, 0.05) is 12.5 Å². The van der Waals surface area contributed by atoms with Gasteiger partial charge in [-0.2, -0.15) is 0 Å². The monoisotopic (exact) mass is 388 g/mol. The van der Waals surface area contributed by atoms with Crippen LogP contribution in [0.4, 0.5) is 10.5 Å². The largest absolute Gasteiger partial charge is 0.480 e. The van der Waals surface area contributed by atoms with Crippen molar-refractivity contribution in [3.05, 3.63) is 38.3 Å². The van der Waals surface area contributed by atoms with Crippen LogP contribution in [0.5, 0.6) is 0 Å². The number of carboxylic acid groups (broad SMARTS) is 1. The lowest BCUT2D eigenvalue weighted by atomic mass is 10.1. The smallest absolute Gasteiger partial charge is 0.408 e. The summed E-state index contributed by atoms with van der Waals surface area (Å²) < 4.78 is 5.20. The van der Waals surface area contributed by atoms with Gasteiger partial charge >= 0.3 is 12.1 Å². The summed E-state index contributed by atoms with van der Waals surface area (Å²) in [7, 11) is 0. The highest BCUT2D eigenvalue weighted by molar-refractivity contribution is 9.10. The molecular formula is C14H17BrN2O6. The number of hydrogen-bond donors (Lipinski definition) is 2. The standard InChI is InChI=1S/C14H17BrN2O6/c1-14(2,3)23-13(20)16-9(12(18)19)7-8-5-4-6-10(11(8)15)17(21)22/h4-6,9H,7H2,1-3H3,(H,16,20)(H,18,19). The van der Waals surface area contributed by atoms with Gasteiger partial charge in [-0.3, -0.25) is 10.1 Å². The molecule has 0 heterocycles. The Balaban J connectivity index is 2.93. The van der Waals surface area contributed by atoms with Gasteiger partial charge in [-0.25, -0.2) is 9.59 Å². The molecule has 1 unspecified atom stereocenters. The molecule has 0 aromatic heterocycles. The molecule has 1 aromatic rings. The van der Waals surface area contributed by atoms with Crippen LogP contribution in [0.2, 0.25) is 0 Å². The van der Waals surface area contributed by atoms with E-state index >= 15 is 0 Å². The van der Waals surface area contributed by atoms with Crippen LogP contribution in [0, 0.1) is 10.1 Å². The van der Waals surface area contributed by atoms with E-state index in [1.165, 1.54) is 12.1 Å². The summed E-state index contributed by atoms with van der Waals surface area (Å²) >= 11 is 3.10. The van der Waals surface area contributed by atoms with Gasteiger partial charge in [0.1, 0.15) is 11.6 Å². The third-order valence-electron chi connectivity index (χ3n) is 2.67. The Morgan fingerprint density at radius 1 is 1.43 bits per heavy atom. The average Bonchev–Trinajstić information content (AvgIpc) is 2.37. The van der Waals surface area contributed by atoms with Crippen LogP contribution in [-0.4, -0.2) is 33.7 Å². The maximum atomic E-state index is 11.7. The van der Waals surface area contributed by atoms with Crippen molar-refractivity contribution in [2.24, 2.45) is 0 Å². The van der Waals surface area contributed by atoms with Gasteiger partial charge in [0.2, 0.25) is 0 Å². The third kappa shape index (κ3) is 5.85. The van der Waals surface area contributed by atoms with Crippen molar-refractivity contribution in [2.75, 3.05) is 0 Å². The zero-order valence-electron chi connectivity index (χ0n) is 12.8. The van der Waals surface area contributed by atoms with E-state index in [1.807, 2.05) is 0 Å². The van der Waals surface area contributed by atoms with Gasteiger partial charge in [0.15, 0.2) is 0 Å². The Morgan fingerprint density at radius 3 is 2.52 bits per heavy atom. The molecule has 126 valence electrons. The number of ether oxygens (including phenoxy) is 1. The van der Waals surface area contributed by atoms with E-state index in [0.717, 1.165) is 0 Å². The van der Waals surface area contributed by atoms with Crippen LogP contribution < -0.4 is 5.32 Å². The molecule has 0 aliphatic rings. The van der Waals surface area contributed by atoms with Crippen molar-refractivity contribution < 1.29 is 24.4 Å². The summed E-state index contributed by atoms with van der Waals surface area (Å²) in [6, 6.07) is 3.02. The summed E-state index contributed by atoms with van der Waals surface area (Å²) in [6.07, 6.45) is -0.997. The van der Waals surface area contributed by atoms with Crippen LogP contribution in [0.25, 0.3) is 0 Å². The first-order valence-electron chi connectivity index (χ1n) is 6.65. The summed E-state index contributed by atoms with van der Waals surface area (Å²) in [5, 5.41) is 22.4. The molecule has 1 atom stereocenters. The molecule has 1 aromatic carbocycles. The molecule has 0 aliphatic heterocycles. The van der Waals surface area contributed by atoms with Crippen molar-refractivity contribution in [1.29, 1.82) is 0 Å². The lowest BCUT2D eigenvalue weighted by molar-refractivity contribution is -0.385. The van der Waals surface area contributed by atoms with E-state index in [1.54, 1.807) is 26.8 Å². The summed E-state index contributed by atoms with van der Waals surface area (Å²) in [5.74, 6) is -1.27. The zero-order valence-corrected chi connectivity index (χ0v) is 14.4. The number of nitro groups is 1. The number of benzene rings is 1. The summed E-state index contributed by atoms with van der Waals surface area (Å²) in [5.41, 5.74) is -0.550. The van der Waals surface area contributed by atoms with Crippen LogP contribution in [0.3, 0.4) is 0 Å². The highest BCUT2D eigenvalue weighted by atomic mass is 79.9. The predicted molar refractivity (Wildman–Crippen MR) is 85.3 cm³/mol. The number of amides is 1. The first-order valence-corrected chi connectivity index (χ1v) is 7.44. The van der Waals surface area contributed by atoms with Crippen molar-refractivity contribution in [3.8, 4) is 0 Å². The van der Waals surface area contributed by atoms with E-state index in [9.17, 15) is 24.8 Å². The molecule has 0 saturated heterocycles. The molecule has 1 amide bonds. The van der Waals surface area contributed by atoms with E-state index in [-0.39, 0.29) is 16.6 Å². The third-order valence-corrected chi connectivity index (χ3v) is 3.58. The number of nitrogens with zero attached hydrogens (tertiary/aromatic N) is 1. The number of carbonyl (C=O) groups is 2. The first-order chi connectivity index (χ1) is 10.5. The fourth-order valence-electron chi connectivity index (χ4n) is 1.73. The van der Waals surface area contributed by atoms with E-state index < -0.39 is 28.6 Å². The van der Waals surface area contributed by atoms with Crippen molar-refractivity contribution in [1.82, 2.24) is 5.32 Å². The molecule has 0 fully saturated rings. The number of nitro benzene ring substituents is 1. The number of nitrogens with one attached hydrogen (secondary N) is 1. The number of carboxylic acids is 1. The van der Waals surface area contributed by atoms with Crippen LogP contribution in [0.15, 0.2) is 22.7 Å². The van der Waals surface area contributed by atoms with E-state index in [0.29, 0.717) is 5.56 Å². The molecule has 1 rings (SSSR count). The molecule has 0 spiro atoms. The maximum absolute atomic E-state index is 11.7. The fraction of sp³-hybridized carbons (Fsp3) is 0.429. The zero-order chi connectivity index (χ0) is 17.8. The lowest BCUT2D eigenvalue weighted by Gasteiger charge is -2.22. The second-order valence-electron chi connectivity index (χ2n) is 5.75. The van der Waals surface area contributed by atoms with Gasteiger partial charge in [-0.15, -0.1) is 0 Å². The number of hydrogen-bond acceptors (Lipinski definition) is 5. The Hall–Kier alpha value is -2.16. The topological polar surface area (TPSA) is 119 Å². The molecule has 0 saturated carbocycles. The highest BCUT2D eigenvalue weighted by Crippen LogP contribution is 2.29. The number of rotatable bonds is 5. The van der Waals surface area contributed by atoms with Crippen LogP contribution >= 0.6 is 15.9 Å². The van der Waals surface area contributed by atoms with Gasteiger partial charge in [0.05, 0.1) is 9.40 Å². The quantitative estimate of drug-likeness (QED) is 0.591. The number of halogens is 1. The predicted octanol–water partition coefficient (Wildman–Crippen LogP) is 2.88. The number of alkyl carbamates (subject to hydrolysis) is 1. The van der Waals surface area contributed by atoms with Crippen LogP contribution in [0.1, 0.15) is 26.3 Å². The minimum Gasteiger partial charge on any atom is -0.480 e. The maximum Gasteiger partial charge on any atom is 0.408 e. The molecular weight excluding hydrogens is 372 g/mol. The van der Waals surface area contributed by atoms with Gasteiger partial charge in [-0.1, -0.05) is 12.1 Å². The van der Waals surface area contributed by atoms with Crippen molar-refractivity contribution in [3.63, 3.8) is 0 Å². The molecule has 0 radical (unpaired) electrons. The van der Waals surface area contributed by atoms with E-state index in [4.69, 9.17) is 4.74 Å². The molecule has 0 aliphatic carbocycles. The Bertz CT molecular complexity index is 626. The normalized spacial score (nSPS) is 12.3. The van der Waals surface area contributed by atoms with Crippen LogP contribution in [-0.2, 0) is 16.0 Å². The molecule has 2 N–H and O–H groups in total. The second-order valence-corrected chi connectivity index (χ2v) is 6.54. The van der Waals surface area contributed by atoms with Crippen molar-refractivity contribution in [2.45, 2.75) is 38.8 Å². The Kier molecular flexibility index (Phi) is 6.08. The summed E-state index contributed by atoms with van der Waals surface area (Å²) in [4.78, 5) is 33.3. The highest BCUT2D eigenvalue weighted by Gasteiger charge is 2.26. The van der Waals surface area contributed by atoms with Gasteiger partial charge < -0.3 is 15.2 Å².